The zero-order valence-corrected chi connectivity index (χ0v) is 18.6. The van der Waals surface area contributed by atoms with Crippen LogP contribution in [0.3, 0.4) is 0 Å². The van der Waals surface area contributed by atoms with E-state index in [0.29, 0.717) is 10.7 Å². The molecule has 8 heteroatoms. The van der Waals surface area contributed by atoms with Gasteiger partial charge in [0.25, 0.3) is 0 Å². The van der Waals surface area contributed by atoms with E-state index in [4.69, 9.17) is 12.2 Å². The SMILES string of the molecule is CCN(CC)CCN(CC(C)C)C(=O)C(C)n1c(-c2cccs2)n[nH]c1=S. The third-order valence-electron chi connectivity index (χ3n) is 4.67. The lowest BCUT2D eigenvalue weighted by molar-refractivity contribution is -0.135. The molecule has 1 N–H and O–H groups in total. The molecule has 1 unspecified atom stereocenters. The maximum Gasteiger partial charge on any atom is 0.245 e. The number of thiophene rings is 1. The van der Waals surface area contributed by atoms with E-state index in [-0.39, 0.29) is 5.91 Å². The summed E-state index contributed by atoms with van der Waals surface area (Å²) in [5, 5.41) is 9.21. The van der Waals surface area contributed by atoms with Crippen LogP contribution < -0.4 is 0 Å². The van der Waals surface area contributed by atoms with E-state index in [9.17, 15) is 4.79 Å². The van der Waals surface area contributed by atoms with E-state index in [1.54, 1.807) is 11.3 Å². The zero-order chi connectivity index (χ0) is 20.0. The van der Waals surface area contributed by atoms with Gasteiger partial charge in [-0.05, 0) is 49.6 Å². The summed E-state index contributed by atoms with van der Waals surface area (Å²) in [6, 6.07) is 3.57. The number of H-pyrrole nitrogens is 1. The standard InChI is InChI=1S/C19H31N5OS2/c1-6-22(7-2)10-11-23(13-14(3)4)18(25)15(5)24-17(20-21-19(24)26)16-9-8-12-27-16/h8-9,12,14-15H,6-7,10-11,13H2,1-5H3,(H,21,26). The van der Waals surface area contributed by atoms with Crippen molar-refractivity contribution in [3.8, 4) is 10.7 Å². The molecule has 2 rings (SSSR count). The van der Waals surface area contributed by atoms with Gasteiger partial charge in [-0.25, -0.2) is 0 Å². The van der Waals surface area contributed by atoms with Crippen LogP contribution in [0.2, 0.25) is 0 Å². The highest BCUT2D eigenvalue weighted by Crippen LogP contribution is 2.26. The Hall–Kier alpha value is -1.51. The fourth-order valence-electron chi connectivity index (χ4n) is 3.15. The van der Waals surface area contributed by atoms with E-state index >= 15 is 0 Å². The maximum atomic E-state index is 13.3. The average molecular weight is 410 g/mol. The Labute approximate surface area is 171 Å². The smallest absolute Gasteiger partial charge is 0.245 e. The number of likely N-dealkylation sites (N-methyl/N-ethyl adjacent to an activating group) is 1. The number of rotatable bonds is 10. The van der Waals surface area contributed by atoms with Gasteiger partial charge >= 0.3 is 0 Å². The van der Waals surface area contributed by atoms with Crippen LogP contribution in [0, 0.1) is 10.7 Å². The van der Waals surface area contributed by atoms with Crippen molar-refractivity contribution in [2.45, 2.75) is 40.7 Å². The summed E-state index contributed by atoms with van der Waals surface area (Å²) in [5.74, 6) is 1.22. The second-order valence-corrected chi connectivity index (χ2v) is 8.42. The lowest BCUT2D eigenvalue weighted by Crippen LogP contribution is -2.43. The van der Waals surface area contributed by atoms with Gasteiger partial charge in [0.2, 0.25) is 5.91 Å². The van der Waals surface area contributed by atoms with Crippen LogP contribution in [0.5, 0.6) is 0 Å². The van der Waals surface area contributed by atoms with Crippen LogP contribution in [0.1, 0.15) is 40.7 Å². The molecule has 2 heterocycles. The van der Waals surface area contributed by atoms with E-state index in [0.717, 1.165) is 43.4 Å². The first kappa shape index (κ1) is 21.8. The number of aromatic amines is 1. The normalized spacial score (nSPS) is 12.7. The lowest BCUT2D eigenvalue weighted by atomic mass is 10.1. The summed E-state index contributed by atoms with van der Waals surface area (Å²) in [6.45, 7) is 14.8. The third-order valence-corrected chi connectivity index (χ3v) is 5.82. The first-order valence-electron chi connectivity index (χ1n) is 9.60. The largest absolute Gasteiger partial charge is 0.339 e. The fraction of sp³-hybridized carbons (Fsp3) is 0.632. The van der Waals surface area contributed by atoms with Crippen molar-refractivity contribution >= 4 is 29.5 Å². The Bertz CT molecular complexity index is 761. The molecule has 0 aliphatic carbocycles. The van der Waals surface area contributed by atoms with E-state index < -0.39 is 6.04 Å². The Balaban J connectivity index is 2.24. The predicted molar refractivity (Wildman–Crippen MR) is 115 cm³/mol. The van der Waals surface area contributed by atoms with Gasteiger partial charge in [0.05, 0.1) is 4.88 Å². The topological polar surface area (TPSA) is 57.2 Å². The molecule has 2 aromatic rings. The highest BCUT2D eigenvalue weighted by atomic mass is 32.1. The number of hydrogen-bond acceptors (Lipinski definition) is 5. The second-order valence-electron chi connectivity index (χ2n) is 7.08. The summed E-state index contributed by atoms with van der Waals surface area (Å²) in [4.78, 5) is 18.7. The van der Waals surface area contributed by atoms with Crippen molar-refractivity contribution in [1.29, 1.82) is 0 Å². The molecule has 1 atom stereocenters. The molecule has 2 aromatic heterocycles. The van der Waals surface area contributed by atoms with Crippen molar-refractivity contribution in [3.63, 3.8) is 0 Å². The van der Waals surface area contributed by atoms with Crippen LogP contribution in [0.4, 0.5) is 0 Å². The zero-order valence-electron chi connectivity index (χ0n) is 16.9. The van der Waals surface area contributed by atoms with Gasteiger partial charge in [0, 0.05) is 19.6 Å². The van der Waals surface area contributed by atoms with Gasteiger partial charge in [-0.2, -0.15) is 5.10 Å². The van der Waals surface area contributed by atoms with Crippen molar-refractivity contribution in [1.82, 2.24) is 24.6 Å². The minimum atomic E-state index is -0.399. The molecule has 0 spiro atoms. The summed E-state index contributed by atoms with van der Waals surface area (Å²) in [7, 11) is 0. The van der Waals surface area contributed by atoms with Crippen molar-refractivity contribution in [2.24, 2.45) is 5.92 Å². The highest BCUT2D eigenvalue weighted by Gasteiger charge is 2.26. The summed E-state index contributed by atoms with van der Waals surface area (Å²) < 4.78 is 2.32. The minimum Gasteiger partial charge on any atom is -0.339 e. The molecule has 0 saturated heterocycles. The molecule has 0 radical (unpaired) electrons. The average Bonchev–Trinajstić information content (AvgIpc) is 3.29. The Morgan fingerprint density at radius 1 is 1.30 bits per heavy atom. The molecule has 27 heavy (non-hydrogen) atoms. The molecule has 0 aliphatic rings. The first-order valence-corrected chi connectivity index (χ1v) is 10.9. The van der Waals surface area contributed by atoms with Gasteiger partial charge in [-0.15, -0.1) is 11.3 Å². The molecule has 1 amide bonds. The van der Waals surface area contributed by atoms with E-state index in [1.165, 1.54) is 0 Å². The molecule has 0 aliphatic heterocycles. The third kappa shape index (κ3) is 5.49. The van der Waals surface area contributed by atoms with Crippen LogP contribution in [0.25, 0.3) is 10.7 Å². The van der Waals surface area contributed by atoms with Crippen LogP contribution in [-0.2, 0) is 4.79 Å². The van der Waals surface area contributed by atoms with E-state index in [2.05, 4.69) is 42.8 Å². The molecular weight excluding hydrogens is 378 g/mol. The number of amides is 1. The summed E-state index contributed by atoms with van der Waals surface area (Å²) in [5.41, 5.74) is 0. The number of carbonyl (C=O) groups is 1. The van der Waals surface area contributed by atoms with Crippen LogP contribution >= 0.6 is 23.6 Å². The highest BCUT2D eigenvalue weighted by molar-refractivity contribution is 7.71. The summed E-state index contributed by atoms with van der Waals surface area (Å²) in [6.07, 6.45) is 0. The molecule has 6 nitrogen and oxygen atoms in total. The number of aromatic nitrogens is 3. The monoisotopic (exact) mass is 409 g/mol. The number of nitrogens with one attached hydrogen (secondary N) is 1. The Kier molecular flexibility index (Phi) is 8.19. The molecule has 0 fully saturated rings. The quantitative estimate of drug-likeness (QED) is 0.601. The number of carbonyl (C=O) groups excluding carboxylic acids is 1. The number of nitrogens with zero attached hydrogens (tertiary/aromatic N) is 4. The molecule has 0 bridgehead atoms. The van der Waals surface area contributed by atoms with Gasteiger partial charge in [-0.3, -0.25) is 14.5 Å². The van der Waals surface area contributed by atoms with Gasteiger partial charge in [0.1, 0.15) is 6.04 Å². The van der Waals surface area contributed by atoms with Gasteiger partial charge in [0.15, 0.2) is 10.6 Å². The molecular formula is C19H31N5OS2. The van der Waals surface area contributed by atoms with Crippen molar-refractivity contribution in [3.05, 3.63) is 22.3 Å². The molecule has 150 valence electrons. The van der Waals surface area contributed by atoms with Gasteiger partial charge < -0.3 is 9.80 Å². The second kappa shape index (κ2) is 10.1. The van der Waals surface area contributed by atoms with Crippen LogP contribution in [-0.4, -0.2) is 63.2 Å². The Morgan fingerprint density at radius 3 is 2.56 bits per heavy atom. The first-order chi connectivity index (χ1) is 12.9. The Morgan fingerprint density at radius 2 is 2.00 bits per heavy atom. The van der Waals surface area contributed by atoms with Gasteiger partial charge in [-0.1, -0.05) is 33.8 Å². The lowest BCUT2D eigenvalue weighted by Gasteiger charge is -2.30. The fourth-order valence-corrected chi connectivity index (χ4v) is 4.15. The molecule has 0 saturated carbocycles. The minimum absolute atomic E-state index is 0.0890. The molecule has 0 aromatic carbocycles. The van der Waals surface area contributed by atoms with Crippen LogP contribution in [0.15, 0.2) is 17.5 Å². The van der Waals surface area contributed by atoms with Crippen molar-refractivity contribution in [2.75, 3.05) is 32.7 Å². The summed E-state index contributed by atoms with van der Waals surface area (Å²) >= 11 is 7.02. The predicted octanol–water partition coefficient (Wildman–Crippen LogP) is 4.06. The van der Waals surface area contributed by atoms with Crippen molar-refractivity contribution < 1.29 is 4.79 Å². The number of hydrogen-bond donors (Lipinski definition) is 1. The maximum absolute atomic E-state index is 13.3. The van der Waals surface area contributed by atoms with E-state index in [1.807, 2.05) is 33.9 Å².